The van der Waals surface area contributed by atoms with Gasteiger partial charge in [0.2, 0.25) is 5.91 Å². The molecule has 1 atom stereocenters. The summed E-state index contributed by atoms with van der Waals surface area (Å²) < 4.78 is 5.39. The number of ether oxygens (including phenoxy) is 1. The Balaban J connectivity index is 1.78. The number of pyridine rings is 1. The first-order valence-corrected chi connectivity index (χ1v) is 8.51. The SMILES string of the molecule is CC(C)(C)OC(=O)N1CCC[C@H](C(=O)NCCc2ccccn2)C1. The van der Waals surface area contributed by atoms with Gasteiger partial charge in [-0.15, -0.1) is 0 Å². The third-order valence-corrected chi connectivity index (χ3v) is 3.85. The monoisotopic (exact) mass is 333 g/mol. The molecule has 1 aliphatic rings. The van der Waals surface area contributed by atoms with Gasteiger partial charge in [-0.3, -0.25) is 9.78 Å². The molecule has 0 aromatic carbocycles. The van der Waals surface area contributed by atoms with Gasteiger partial charge in [0.25, 0.3) is 0 Å². The van der Waals surface area contributed by atoms with E-state index in [-0.39, 0.29) is 17.9 Å². The van der Waals surface area contributed by atoms with E-state index < -0.39 is 5.60 Å². The van der Waals surface area contributed by atoms with Gasteiger partial charge in [-0.25, -0.2) is 4.79 Å². The lowest BCUT2D eigenvalue weighted by molar-refractivity contribution is -0.126. The molecule has 1 saturated heterocycles. The van der Waals surface area contributed by atoms with Crippen LogP contribution in [0.4, 0.5) is 4.79 Å². The van der Waals surface area contributed by atoms with Gasteiger partial charge in [0.15, 0.2) is 0 Å². The number of aromatic nitrogens is 1. The molecule has 2 amide bonds. The van der Waals surface area contributed by atoms with E-state index in [4.69, 9.17) is 4.74 Å². The Labute approximate surface area is 143 Å². The molecular formula is C18H27N3O3. The van der Waals surface area contributed by atoms with E-state index in [0.717, 1.165) is 18.5 Å². The highest BCUT2D eigenvalue weighted by molar-refractivity contribution is 5.80. The van der Waals surface area contributed by atoms with Crippen LogP contribution in [0.1, 0.15) is 39.3 Å². The van der Waals surface area contributed by atoms with Gasteiger partial charge in [-0.05, 0) is 45.7 Å². The number of nitrogens with zero attached hydrogens (tertiary/aromatic N) is 2. The molecule has 1 aromatic rings. The van der Waals surface area contributed by atoms with E-state index >= 15 is 0 Å². The second-order valence-corrected chi connectivity index (χ2v) is 7.13. The van der Waals surface area contributed by atoms with Crippen molar-refractivity contribution in [3.8, 4) is 0 Å². The summed E-state index contributed by atoms with van der Waals surface area (Å²) >= 11 is 0. The van der Waals surface area contributed by atoms with Gasteiger partial charge in [0.1, 0.15) is 5.60 Å². The van der Waals surface area contributed by atoms with Gasteiger partial charge in [0.05, 0.1) is 5.92 Å². The summed E-state index contributed by atoms with van der Waals surface area (Å²) in [7, 11) is 0. The Bertz CT molecular complexity index is 554. The zero-order chi connectivity index (χ0) is 17.6. The summed E-state index contributed by atoms with van der Waals surface area (Å²) in [5.41, 5.74) is 0.437. The normalized spacial score (nSPS) is 18.1. The number of hydrogen-bond donors (Lipinski definition) is 1. The molecule has 6 nitrogen and oxygen atoms in total. The molecule has 0 saturated carbocycles. The largest absolute Gasteiger partial charge is 0.444 e. The molecule has 1 aliphatic heterocycles. The third-order valence-electron chi connectivity index (χ3n) is 3.85. The Kier molecular flexibility index (Phi) is 6.17. The zero-order valence-electron chi connectivity index (χ0n) is 14.7. The molecule has 6 heteroatoms. The van der Waals surface area contributed by atoms with Gasteiger partial charge in [-0.2, -0.15) is 0 Å². The van der Waals surface area contributed by atoms with Crippen LogP contribution in [-0.4, -0.2) is 47.1 Å². The fraction of sp³-hybridized carbons (Fsp3) is 0.611. The van der Waals surface area contributed by atoms with Crippen LogP contribution in [0, 0.1) is 5.92 Å². The fourth-order valence-electron chi connectivity index (χ4n) is 2.69. The smallest absolute Gasteiger partial charge is 0.410 e. The summed E-state index contributed by atoms with van der Waals surface area (Å²) in [5.74, 6) is -0.172. The molecule has 2 rings (SSSR count). The summed E-state index contributed by atoms with van der Waals surface area (Å²) in [6.07, 6.45) is 3.73. The highest BCUT2D eigenvalue weighted by Crippen LogP contribution is 2.19. The van der Waals surface area contributed by atoms with Crippen LogP contribution in [0.2, 0.25) is 0 Å². The van der Waals surface area contributed by atoms with Crippen LogP contribution in [0.25, 0.3) is 0 Å². The molecule has 0 spiro atoms. The van der Waals surface area contributed by atoms with Gasteiger partial charge in [-0.1, -0.05) is 6.07 Å². The predicted octanol–water partition coefficient (Wildman–Crippen LogP) is 2.39. The van der Waals surface area contributed by atoms with Crippen molar-refractivity contribution >= 4 is 12.0 Å². The average Bonchev–Trinajstić information content (AvgIpc) is 2.54. The molecule has 0 radical (unpaired) electrons. The number of likely N-dealkylation sites (tertiary alicyclic amines) is 1. The van der Waals surface area contributed by atoms with Crippen LogP contribution in [0.3, 0.4) is 0 Å². The van der Waals surface area contributed by atoms with Crippen LogP contribution < -0.4 is 5.32 Å². The van der Waals surface area contributed by atoms with Crippen molar-refractivity contribution < 1.29 is 14.3 Å². The first-order chi connectivity index (χ1) is 11.3. The van der Waals surface area contributed by atoms with E-state index in [2.05, 4.69) is 10.3 Å². The second-order valence-electron chi connectivity index (χ2n) is 7.13. The maximum atomic E-state index is 12.3. The summed E-state index contributed by atoms with van der Waals surface area (Å²) in [5, 5.41) is 2.95. The lowest BCUT2D eigenvalue weighted by Gasteiger charge is -2.33. The van der Waals surface area contributed by atoms with Crippen molar-refractivity contribution in [1.29, 1.82) is 0 Å². The fourth-order valence-corrected chi connectivity index (χ4v) is 2.69. The highest BCUT2D eigenvalue weighted by Gasteiger charge is 2.30. The molecule has 0 aliphatic carbocycles. The predicted molar refractivity (Wildman–Crippen MR) is 91.5 cm³/mol. The standard InChI is InChI=1S/C18H27N3O3/c1-18(2,3)24-17(23)21-12-6-7-14(13-21)16(22)20-11-9-15-8-4-5-10-19-15/h4-5,8,10,14H,6-7,9,11-13H2,1-3H3,(H,20,22)/t14-/m0/s1. The summed E-state index contributed by atoms with van der Waals surface area (Å²) in [6, 6.07) is 5.75. The van der Waals surface area contributed by atoms with Gasteiger partial charge in [0, 0.05) is 37.9 Å². The minimum absolute atomic E-state index is 0.000750. The number of amides is 2. The summed E-state index contributed by atoms with van der Waals surface area (Å²) in [4.78, 5) is 30.3. The molecule has 0 bridgehead atoms. The van der Waals surface area contributed by atoms with Crippen LogP contribution in [0.15, 0.2) is 24.4 Å². The van der Waals surface area contributed by atoms with Crippen molar-refractivity contribution in [2.45, 2.75) is 45.6 Å². The maximum Gasteiger partial charge on any atom is 0.410 e. The number of carbonyl (C=O) groups excluding carboxylic acids is 2. The maximum absolute atomic E-state index is 12.3. The number of piperidine rings is 1. The number of hydrogen-bond acceptors (Lipinski definition) is 4. The number of nitrogens with one attached hydrogen (secondary N) is 1. The van der Waals surface area contributed by atoms with Gasteiger partial charge >= 0.3 is 6.09 Å². The van der Waals surface area contributed by atoms with E-state index in [1.165, 1.54) is 0 Å². The van der Waals surface area contributed by atoms with Crippen LogP contribution in [-0.2, 0) is 16.0 Å². The van der Waals surface area contributed by atoms with E-state index in [9.17, 15) is 9.59 Å². The first-order valence-electron chi connectivity index (χ1n) is 8.51. The molecule has 2 heterocycles. The molecule has 1 fully saturated rings. The molecular weight excluding hydrogens is 306 g/mol. The minimum atomic E-state index is -0.519. The summed E-state index contributed by atoms with van der Waals surface area (Å²) in [6.45, 7) is 7.15. The molecule has 24 heavy (non-hydrogen) atoms. The Hall–Kier alpha value is -2.11. The average molecular weight is 333 g/mol. The van der Waals surface area contributed by atoms with Crippen molar-refractivity contribution in [1.82, 2.24) is 15.2 Å². The van der Waals surface area contributed by atoms with Crippen LogP contribution in [0.5, 0.6) is 0 Å². The molecule has 1 aromatic heterocycles. The Morgan fingerprint density at radius 1 is 1.38 bits per heavy atom. The number of carbonyl (C=O) groups is 2. The quantitative estimate of drug-likeness (QED) is 0.918. The van der Waals surface area contributed by atoms with E-state index in [1.807, 2.05) is 39.0 Å². The lowest BCUT2D eigenvalue weighted by atomic mass is 9.97. The first kappa shape index (κ1) is 18.2. The van der Waals surface area contributed by atoms with Crippen molar-refractivity contribution in [2.24, 2.45) is 5.92 Å². The van der Waals surface area contributed by atoms with E-state index in [0.29, 0.717) is 26.1 Å². The third kappa shape index (κ3) is 5.83. The highest BCUT2D eigenvalue weighted by atomic mass is 16.6. The molecule has 132 valence electrons. The molecule has 0 unspecified atom stereocenters. The molecule has 1 N–H and O–H groups in total. The van der Waals surface area contributed by atoms with Gasteiger partial charge < -0.3 is 15.0 Å². The Morgan fingerprint density at radius 3 is 2.83 bits per heavy atom. The Morgan fingerprint density at radius 2 is 2.17 bits per heavy atom. The topological polar surface area (TPSA) is 71.5 Å². The van der Waals surface area contributed by atoms with Crippen molar-refractivity contribution in [3.63, 3.8) is 0 Å². The second kappa shape index (κ2) is 8.13. The lowest BCUT2D eigenvalue weighted by Crippen LogP contribution is -2.47. The van der Waals surface area contributed by atoms with Crippen LogP contribution >= 0.6 is 0 Å². The van der Waals surface area contributed by atoms with E-state index in [1.54, 1.807) is 11.1 Å². The number of rotatable bonds is 4. The minimum Gasteiger partial charge on any atom is -0.444 e. The zero-order valence-corrected chi connectivity index (χ0v) is 14.7. The van der Waals surface area contributed by atoms with Crippen molar-refractivity contribution in [2.75, 3.05) is 19.6 Å². The van der Waals surface area contributed by atoms with Crippen molar-refractivity contribution in [3.05, 3.63) is 30.1 Å².